The molecule has 1 aromatic carbocycles. The van der Waals surface area contributed by atoms with Crippen molar-refractivity contribution in [3.05, 3.63) is 41.6 Å². The Kier molecular flexibility index (Phi) is 6.08. The van der Waals surface area contributed by atoms with Crippen molar-refractivity contribution >= 4 is 23.4 Å². The summed E-state index contributed by atoms with van der Waals surface area (Å²) in [5.41, 5.74) is 1.87. The summed E-state index contributed by atoms with van der Waals surface area (Å²) in [6, 6.07) is 8.98. The number of hydrogen-bond acceptors (Lipinski definition) is 7. The number of ether oxygens (including phenoxy) is 1. The van der Waals surface area contributed by atoms with Gasteiger partial charge in [0, 0.05) is 24.8 Å². The molecule has 1 aromatic heterocycles. The van der Waals surface area contributed by atoms with Crippen LogP contribution in [0.2, 0.25) is 0 Å². The molecule has 24 heavy (non-hydrogen) atoms. The van der Waals surface area contributed by atoms with Crippen molar-refractivity contribution in [3.63, 3.8) is 0 Å². The van der Waals surface area contributed by atoms with E-state index < -0.39 is 5.97 Å². The van der Waals surface area contributed by atoms with E-state index >= 15 is 0 Å². The van der Waals surface area contributed by atoms with Crippen LogP contribution in [-0.2, 0) is 4.74 Å². The largest absolute Gasteiger partial charge is 0.465 e. The van der Waals surface area contributed by atoms with E-state index in [0.29, 0.717) is 17.2 Å². The molecule has 0 aliphatic heterocycles. The molecule has 0 atom stereocenters. The molecule has 0 saturated heterocycles. The van der Waals surface area contributed by atoms with Gasteiger partial charge in [-0.1, -0.05) is 12.1 Å². The number of para-hydroxylation sites is 1. The van der Waals surface area contributed by atoms with E-state index in [0.717, 1.165) is 24.6 Å². The fourth-order valence-corrected chi connectivity index (χ4v) is 2.12. The molecular formula is C17H23N5O2. The van der Waals surface area contributed by atoms with Crippen LogP contribution in [0.25, 0.3) is 0 Å². The second-order valence-corrected chi connectivity index (χ2v) is 5.61. The van der Waals surface area contributed by atoms with Crippen molar-refractivity contribution in [1.82, 2.24) is 14.9 Å². The van der Waals surface area contributed by atoms with Crippen LogP contribution in [0.4, 0.5) is 17.5 Å². The summed E-state index contributed by atoms with van der Waals surface area (Å²) in [6.07, 6.45) is 0. The van der Waals surface area contributed by atoms with Gasteiger partial charge in [0.2, 0.25) is 5.95 Å². The first-order valence-electron chi connectivity index (χ1n) is 7.68. The average Bonchev–Trinajstić information content (AvgIpc) is 2.54. The third-order valence-corrected chi connectivity index (χ3v) is 3.30. The van der Waals surface area contributed by atoms with E-state index in [-0.39, 0.29) is 0 Å². The topological polar surface area (TPSA) is 79.4 Å². The zero-order valence-electron chi connectivity index (χ0n) is 14.5. The van der Waals surface area contributed by atoms with Gasteiger partial charge in [-0.15, -0.1) is 0 Å². The highest BCUT2D eigenvalue weighted by atomic mass is 16.5. The van der Waals surface area contributed by atoms with Gasteiger partial charge in [0.15, 0.2) is 0 Å². The Balaban J connectivity index is 2.18. The molecule has 0 aliphatic carbocycles. The maximum absolute atomic E-state index is 11.8. The molecule has 0 spiro atoms. The number of likely N-dealkylation sites (N-methyl/N-ethyl adjacent to an activating group) is 1. The number of rotatable bonds is 7. The lowest BCUT2D eigenvalue weighted by molar-refractivity contribution is 0.0602. The minimum Gasteiger partial charge on any atom is -0.465 e. The number of anilines is 3. The Morgan fingerprint density at radius 2 is 2.00 bits per heavy atom. The number of aryl methyl sites for hydroxylation is 1. The maximum atomic E-state index is 11.8. The van der Waals surface area contributed by atoms with Gasteiger partial charge >= 0.3 is 5.97 Å². The second-order valence-electron chi connectivity index (χ2n) is 5.61. The number of carbonyl (C=O) groups excluding carboxylic acids is 1. The van der Waals surface area contributed by atoms with E-state index in [9.17, 15) is 4.79 Å². The fraction of sp³-hybridized carbons (Fsp3) is 0.353. The minimum absolute atomic E-state index is 0.407. The lowest BCUT2D eigenvalue weighted by Gasteiger charge is -2.13. The number of nitrogens with one attached hydrogen (secondary N) is 2. The van der Waals surface area contributed by atoms with Gasteiger partial charge in [-0.05, 0) is 33.2 Å². The van der Waals surface area contributed by atoms with Crippen LogP contribution in [0.5, 0.6) is 0 Å². The molecule has 0 bridgehead atoms. The molecule has 128 valence electrons. The smallest absolute Gasteiger partial charge is 0.339 e. The highest BCUT2D eigenvalue weighted by Gasteiger charge is 2.12. The molecular weight excluding hydrogens is 306 g/mol. The van der Waals surface area contributed by atoms with E-state index in [2.05, 4.69) is 25.5 Å². The Labute approximate surface area is 142 Å². The normalized spacial score (nSPS) is 10.5. The van der Waals surface area contributed by atoms with Gasteiger partial charge < -0.3 is 20.3 Å². The highest BCUT2D eigenvalue weighted by Crippen LogP contribution is 2.20. The van der Waals surface area contributed by atoms with Gasteiger partial charge in [0.05, 0.1) is 18.4 Å². The van der Waals surface area contributed by atoms with Crippen LogP contribution in [-0.4, -0.2) is 55.1 Å². The number of aromatic nitrogens is 2. The SMILES string of the molecule is COC(=O)c1ccccc1Nc1nc(C)cc(NCCN(C)C)n1. The van der Waals surface area contributed by atoms with Gasteiger partial charge in [0.25, 0.3) is 0 Å². The zero-order valence-corrected chi connectivity index (χ0v) is 14.5. The first-order chi connectivity index (χ1) is 11.5. The summed E-state index contributed by atoms with van der Waals surface area (Å²) >= 11 is 0. The fourth-order valence-electron chi connectivity index (χ4n) is 2.12. The standard InChI is InChI=1S/C17H23N5O2/c1-12-11-15(18-9-10-22(2)3)21-17(19-12)20-14-8-6-5-7-13(14)16(23)24-4/h5-8,11H,9-10H2,1-4H3,(H2,18,19,20,21). The lowest BCUT2D eigenvalue weighted by atomic mass is 10.2. The molecule has 0 saturated carbocycles. The van der Waals surface area contributed by atoms with E-state index in [1.807, 2.05) is 33.2 Å². The average molecular weight is 329 g/mol. The molecule has 0 aliphatic rings. The molecule has 0 radical (unpaired) electrons. The number of nitrogens with zero attached hydrogens (tertiary/aromatic N) is 3. The second kappa shape index (κ2) is 8.26. The summed E-state index contributed by atoms with van der Waals surface area (Å²) in [4.78, 5) is 22.8. The van der Waals surface area contributed by atoms with Gasteiger partial charge in [-0.2, -0.15) is 4.98 Å². The Bertz CT molecular complexity index is 703. The molecule has 1 heterocycles. The Morgan fingerprint density at radius 1 is 1.25 bits per heavy atom. The Morgan fingerprint density at radius 3 is 2.71 bits per heavy atom. The third-order valence-electron chi connectivity index (χ3n) is 3.30. The van der Waals surface area contributed by atoms with Gasteiger partial charge in [-0.25, -0.2) is 9.78 Å². The van der Waals surface area contributed by atoms with Crippen molar-refractivity contribution < 1.29 is 9.53 Å². The first kappa shape index (κ1) is 17.7. The number of benzene rings is 1. The van der Waals surface area contributed by atoms with E-state index in [1.54, 1.807) is 18.2 Å². The van der Waals surface area contributed by atoms with Crippen LogP contribution >= 0.6 is 0 Å². The summed E-state index contributed by atoms with van der Waals surface area (Å²) in [5, 5.41) is 6.36. The molecule has 2 aromatic rings. The Hall–Kier alpha value is -2.67. The van der Waals surface area contributed by atoms with Crippen LogP contribution in [0.1, 0.15) is 16.1 Å². The molecule has 0 amide bonds. The number of carbonyl (C=O) groups is 1. The van der Waals surface area contributed by atoms with Crippen molar-refractivity contribution in [2.24, 2.45) is 0 Å². The van der Waals surface area contributed by atoms with Crippen LogP contribution in [0.3, 0.4) is 0 Å². The van der Waals surface area contributed by atoms with E-state index in [4.69, 9.17) is 4.74 Å². The molecule has 0 fully saturated rings. The molecule has 2 rings (SSSR count). The van der Waals surface area contributed by atoms with Crippen LogP contribution in [0.15, 0.2) is 30.3 Å². The number of esters is 1. The van der Waals surface area contributed by atoms with Crippen molar-refractivity contribution in [2.75, 3.05) is 44.9 Å². The monoisotopic (exact) mass is 329 g/mol. The molecule has 2 N–H and O–H groups in total. The van der Waals surface area contributed by atoms with Crippen molar-refractivity contribution in [1.29, 1.82) is 0 Å². The molecule has 7 nitrogen and oxygen atoms in total. The molecule has 7 heteroatoms. The summed E-state index contributed by atoms with van der Waals surface area (Å²) in [7, 11) is 5.39. The first-order valence-corrected chi connectivity index (χ1v) is 7.68. The van der Waals surface area contributed by atoms with Gasteiger partial charge in [-0.3, -0.25) is 0 Å². The lowest BCUT2D eigenvalue weighted by Crippen LogP contribution is -2.21. The predicted octanol–water partition coefficient (Wildman–Crippen LogP) is 2.29. The zero-order chi connectivity index (χ0) is 17.5. The quantitative estimate of drug-likeness (QED) is 0.754. The highest BCUT2D eigenvalue weighted by molar-refractivity contribution is 5.96. The third kappa shape index (κ3) is 4.92. The number of hydrogen-bond donors (Lipinski definition) is 2. The van der Waals surface area contributed by atoms with Crippen molar-refractivity contribution in [3.8, 4) is 0 Å². The van der Waals surface area contributed by atoms with E-state index in [1.165, 1.54) is 7.11 Å². The summed E-state index contributed by atoms with van der Waals surface area (Å²) in [6.45, 7) is 3.58. The van der Waals surface area contributed by atoms with Gasteiger partial charge in [0.1, 0.15) is 5.82 Å². The van der Waals surface area contributed by atoms with Crippen LogP contribution in [0, 0.1) is 6.92 Å². The van der Waals surface area contributed by atoms with Crippen LogP contribution < -0.4 is 10.6 Å². The maximum Gasteiger partial charge on any atom is 0.339 e. The minimum atomic E-state index is -0.407. The molecule has 0 unspecified atom stereocenters. The summed E-state index contributed by atoms with van der Waals surface area (Å²) in [5.74, 6) is 0.760. The van der Waals surface area contributed by atoms with Crippen molar-refractivity contribution in [2.45, 2.75) is 6.92 Å². The summed E-state index contributed by atoms with van der Waals surface area (Å²) < 4.78 is 4.80. The number of methoxy groups -OCH3 is 1. The predicted molar refractivity (Wildman–Crippen MR) is 94.9 cm³/mol.